The largest absolute Gasteiger partial charge is 0.446 e. The molecule has 7 fully saturated rings. The smallest absolute Gasteiger partial charge is 0.407 e. The number of nitrogens with one attached hydrogen (secondary N) is 2. The van der Waals surface area contributed by atoms with E-state index in [1.165, 1.54) is 12.8 Å². The summed E-state index contributed by atoms with van der Waals surface area (Å²) >= 11 is 0. The van der Waals surface area contributed by atoms with Gasteiger partial charge in [-0.05, 0) is 112 Å². The number of carbonyl (C=O) groups is 1. The van der Waals surface area contributed by atoms with Gasteiger partial charge >= 0.3 is 6.09 Å². The first kappa shape index (κ1) is 31.7. The van der Waals surface area contributed by atoms with Crippen LogP contribution in [0.2, 0.25) is 0 Å². The molecule has 2 aliphatic heterocycles. The molecule has 13 atom stereocenters. The Hall–Kier alpha value is -0.930. The van der Waals surface area contributed by atoms with Crippen molar-refractivity contribution < 1.29 is 29.2 Å². The highest BCUT2D eigenvalue weighted by molar-refractivity contribution is 5.68. The molecule has 7 aliphatic rings. The molecular weight excluding hydrogens is 556 g/mol. The van der Waals surface area contributed by atoms with E-state index in [0.29, 0.717) is 24.4 Å². The average molecular weight is 617 g/mol. The van der Waals surface area contributed by atoms with Crippen molar-refractivity contribution >= 4 is 6.09 Å². The van der Waals surface area contributed by atoms with Gasteiger partial charge in [0.05, 0.1) is 30.0 Å². The third-order valence-corrected chi connectivity index (χ3v) is 15.5. The van der Waals surface area contributed by atoms with Crippen LogP contribution >= 0.6 is 0 Å². The van der Waals surface area contributed by atoms with E-state index in [0.717, 1.165) is 51.6 Å². The van der Waals surface area contributed by atoms with Crippen LogP contribution in [0.5, 0.6) is 0 Å². The molecule has 7 rings (SSSR count). The number of fused-ring (bicyclic) bond motifs is 4. The fourth-order valence-corrected chi connectivity index (χ4v) is 13.4. The molecule has 4 N–H and O–H groups in total. The maximum atomic E-state index is 12.8. The molecule has 2 saturated heterocycles. The lowest BCUT2D eigenvalue weighted by Crippen LogP contribution is -2.60. The van der Waals surface area contributed by atoms with Gasteiger partial charge in [0.15, 0.2) is 0 Å². The molecule has 8 nitrogen and oxygen atoms in total. The maximum absolute atomic E-state index is 12.8. The molecule has 2 heterocycles. The number of hydrogen-bond acceptors (Lipinski definition) is 7. The van der Waals surface area contributed by atoms with Gasteiger partial charge in [-0.15, -0.1) is 0 Å². The van der Waals surface area contributed by atoms with E-state index < -0.39 is 17.8 Å². The van der Waals surface area contributed by atoms with E-state index >= 15 is 0 Å². The van der Waals surface area contributed by atoms with Gasteiger partial charge < -0.3 is 35.1 Å². The van der Waals surface area contributed by atoms with E-state index in [4.69, 9.17) is 14.2 Å². The molecule has 250 valence electrons. The predicted molar refractivity (Wildman–Crippen MR) is 168 cm³/mol. The molecule has 0 aromatic carbocycles. The molecule has 1 amide bonds. The van der Waals surface area contributed by atoms with Crippen LogP contribution in [0.3, 0.4) is 0 Å². The number of hydrogen-bond donors (Lipinski definition) is 4. The summed E-state index contributed by atoms with van der Waals surface area (Å²) in [4.78, 5) is 12.8. The minimum Gasteiger partial charge on any atom is -0.446 e. The lowest BCUT2D eigenvalue weighted by molar-refractivity contribution is -0.215. The van der Waals surface area contributed by atoms with Crippen LogP contribution in [0.4, 0.5) is 4.79 Å². The summed E-state index contributed by atoms with van der Waals surface area (Å²) in [5.74, 6) is 1.64. The van der Waals surface area contributed by atoms with Gasteiger partial charge in [-0.1, -0.05) is 34.6 Å². The van der Waals surface area contributed by atoms with Crippen molar-refractivity contribution in [1.82, 2.24) is 10.6 Å². The molecule has 0 radical (unpaired) electrons. The Morgan fingerprint density at radius 1 is 1.07 bits per heavy atom. The molecule has 5 aliphatic carbocycles. The summed E-state index contributed by atoms with van der Waals surface area (Å²) in [6.45, 7) is 19.7. The summed E-state index contributed by atoms with van der Waals surface area (Å²) in [5.41, 5.74) is -0.811. The second-order valence-corrected chi connectivity index (χ2v) is 18.0. The van der Waals surface area contributed by atoms with E-state index in [9.17, 15) is 15.0 Å². The number of ether oxygens (including phenoxy) is 3. The van der Waals surface area contributed by atoms with Crippen LogP contribution in [-0.4, -0.2) is 78.2 Å². The van der Waals surface area contributed by atoms with Crippen LogP contribution in [0.1, 0.15) is 107 Å². The molecule has 44 heavy (non-hydrogen) atoms. The minimum absolute atomic E-state index is 0.00581. The lowest BCUT2D eigenvalue weighted by Gasteiger charge is -2.63. The van der Waals surface area contributed by atoms with Gasteiger partial charge in [-0.25, -0.2) is 4.79 Å². The molecule has 2 spiro atoms. The highest BCUT2D eigenvalue weighted by Crippen LogP contribution is 2.89. The number of alkyl carbamates (subject to hydrolysis) is 1. The minimum atomic E-state index is -1.02. The van der Waals surface area contributed by atoms with Crippen LogP contribution in [0.25, 0.3) is 0 Å². The van der Waals surface area contributed by atoms with Gasteiger partial charge in [-0.2, -0.15) is 0 Å². The van der Waals surface area contributed by atoms with Gasteiger partial charge in [0.1, 0.15) is 12.2 Å². The van der Waals surface area contributed by atoms with Crippen molar-refractivity contribution in [2.24, 2.45) is 50.7 Å². The number of amides is 1. The Kier molecular flexibility index (Phi) is 7.22. The zero-order valence-corrected chi connectivity index (χ0v) is 28.6. The number of aliphatic hydroxyl groups is 2. The predicted octanol–water partition coefficient (Wildman–Crippen LogP) is 5.04. The molecule has 0 aromatic heterocycles. The number of carbonyl (C=O) groups excluding carboxylic acids is 1. The lowest BCUT2D eigenvalue weighted by atomic mass is 9.41. The summed E-state index contributed by atoms with van der Waals surface area (Å²) in [5, 5.41) is 29.8. The zero-order chi connectivity index (χ0) is 31.7. The summed E-state index contributed by atoms with van der Waals surface area (Å²) in [7, 11) is 0. The third-order valence-electron chi connectivity index (χ3n) is 15.5. The van der Waals surface area contributed by atoms with Gasteiger partial charge in [0.25, 0.3) is 0 Å². The molecule has 8 heteroatoms. The molecule has 5 saturated carbocycles. The van der Waals surface area contributed by atoms with E-state index in [2.05, 4.69) is 45.3 Å². The average Bonchev–Trinajstić information content (AvgIpc) is 3.55. The Bertz CT molecular complexity index is 1150. The van der Waals surface area contributed by atoms with E-state index in [-0.39, 0.29) is 63.4 Å². The highest BCUT2D eigenvalue weighted by atomic mass is 16.6. The summed E-state index contributed by atoms with van der Waals surface area (Å²) in [6.07, 6.45) is 6.98. The normalized spacial score (nSPS) is 51.4. The number of aliphatic hydroxyl groups excluding tert-OH is 1. The Morgan fingerprint density at radius 2 is 1.75 bits per heavy atom. The monoisotopic (exact) mass is 616 g/mol. The van der Waals surface area contributed by atoms with Crippen molar-refractivity contribution in [3.05, 3.63) is 0 Å². The van der Waals surface area contributed by atoms with Crippen molar-refractivity contribution in [2.45, 2.75) is 149 Å². The molecule has 0 aromatic rings. The van der Waals surface area contributed by atoms with Crippen LogP contribution < -0.4 is 10.6 Å². The van der Waals surface area contributed by atoms with Crippen molar-refractivity contribution in [2.75, 3.05) is 19.7 Å². The zero-order valence-electron chi connectivity index (χ0n) is 28.6. The van der Waals surface area contributed by atoms with Gasteiger partial charge in [0.2, 0.25) is 0 Å². The molecular formula is C36H60N2O6. The fraction of sp³-hybridized carbons (Fsp3) is 0.972. The standard InChI is InChI=1S/C36H60N2O6/c1-9-42-29(32(5,6)41)22-16-20(2)26-27(43-22)28(39)34(8)24-11-10-23-31(3,4)25(44-30(40)38-21-17-37-18-21)12-13-35(23)19-36(24,35)15-14-33(26,34)7/h20-29,37,39,41H,9-19H2,1-8H3,(H,38,40)/t20-,22-,23+,24?,25?,26+,27+,28+,29+,33-,34-,35-,36+/m1/s1. The third kappa shape index (κ3) is 4.02. The van der Waals surface area contributed by atoms with E-state index in [1.807, 2.05) is 20.8 Å². The first-order valence-electron chi connectivity index (χ1n) is 17.9. The van der Waals surface area contributed by atoms with Gasteiger partial charge in [-0.3, -0.25) is 0 Å². The first-order valence-corrected chi connectivity index (χ1v) is 17.9. The second-order valence-electron chi connectivity index (χ2n) is 18.0. The number of rotatable bonds is 6. The Balaban J connectivity index is 1.14. The first-order chi connectivity index (χ1) is 20.6. The van der Waals surface area contributed by atoms with Crippen LogP contribution in [-0.2, 0) is 14.2 Å². The quantitative estimate of drug-likeness (QED) is 0.331. The molecule has 2 unspecified atom stereocenters. The summed E-state index contributed by atoms with van der Waals surface area (Å²) in [6, 6.07) is 0.184. The SMILES string of the molecule is CCO[C@@H]([C@H]1C[C@@H](C)[C@H]2[C@H](O1)[C@H](O)[C@@]1(C)C3CC[C@H]4C(C)(C)C(OC(=O)NC5CNC5)CC[C@@]45C[C@@]35CC[C@]21C)C(C)(C)O. The van der Waals surface area contributed by atoms with Crippen molar-refractivity contribution in [1.29, 1.82) is 0 Å². The van der Waals surface area contributed by atoms with Crippen LogP contribution in [0.15, 0.2) is 0 Å². The highest BCUT2D eigenvalue weighted by Gasteiger charge is 2.84. The maximum Gasteiger partial charge on any atom is 0.407 e. The molecule has 0 bridgehead atoms. The van der Waals surface area contributed by atoms with Crippen LogP contribution in [0, 0.1) is 50.7 Å². The topological polar surface area (TPSA) is 109 Å². The summed E-state index contributed by atoms with van der Waals surface area (Å²) < 4.78 is 19.2. The van der Waals surface area contributed by atoms with Crippen molar-refractivity contribution in [3.8, 4) is 0 Å². The van der Waals surface area contributed by atoms with Crippen molar-refractivity contribution in [3.63, 3.8) is 0 Å². The second kappa shape index (κ2) is 10.0. The Morgan fingerprint density at radius 3 is 2.39 bits per heavy atom. The Labute approximate surface area is 265 Å². The fourth-order valence-electron chi connectivity index (χ4n) is 13.4. The van der Waals surface area contributed by atoms with E-state index in [1.54, 1.807) is 0 Å². The van der Waals surface area contributed by atoms with Gasteiger partial charge in [0, 0.05) is 30.5 Å².